The molecule has 1 fully saturated rings. The first-order chi connectivity index (χ1) is 10.1. The summed E-state index contributed by atoms with van der Waals surface area (Å²) in [7, 11) is 0. The molecular formula is C16H22N2O3. The van der Waals surface area contributed by atoms with Crippen LogP contribution in [-0.2, 0) is 16.0 Å². The molecule has 5 nitrogen and oxygen atoms in total. The Morgan fingerprint density at radius 1 is 1.38 bits per heavy atom. The van der Waals surface area contributed by atoms with Crippen LogP contribution in [0.25, 0.3) is 0 Å². The van der Waals surface area contributed by atoms with Crippen molar-refractivity contribution in [3.8, 4) is 0 Å². The Hall–Kier alpha value is -2.04. The molecule has 1 N–H and O–H groups in total. The fourth-order valence-corrected chi connectivity index (χ4v) is 2.36. The lowest BCUT2D eigenvalue weighted by Crippen LogP contribution is -2.47. The van der Waals surface area contributed by atoms with Gasteiger partial charge in [0.25, 0.3) is 0 Å². The molecule has 2 rings (SSSR count). The van der Waals surface area contributed by atoms with Crippen molar-refractivity contribution in [3.63, 3.8) is 0 Å². The molecule has 0 spiro atoms. The Morgan fingerprint density at radius 3 is 2.76 bits per heavy atom. The average Bonchev–Trinajstić information content (AvgIpc) is 2.81. The average molecular weight is 290 g/mol. The quantitative estimate of drug-likeness (QED) is 0.869. The molecule has 1 aliphatic heterocycles. The van der Waals surface area contributed by atoms with Crippen molar-refractivity contribution in [2.75, 3.05) is 19.7 Å². The van der Waals surface area contributed by atoms with Crippen LogP contribution in [-0.4, -0.2) is 42.6 Å². The Morgan fingerprint density at radius 2 is 2.10 bits per heavy atom. The molecule has 1 atom stereocenters. The smallest absolute Gasteiger partial charge is 0.410 e. The number of amides is 2. The normalized spacial score (nSPS) is 18.0. The number of cyclic esters (lactones) is 1. The highest BCUT2D eigenvalue weighted by atomic mass is 16.6. The van der Waals surface area contributed by atoms with Gasteiger partial charge < -0.3 is 10.1 Å². The lowest BCUT2D eigenvalue weighted by molar-refractivity contribution is -0.124. The number of nitrogens with one attached hydrogen (secondary N) is 1. The van der Waals surface area contributed by atoms with Gasteiger partial charge in [-0.2, -0.15) is 0 Å². The molecule has 2 amide bonds. The zero-order chi connectivity index (χ0) is 15.2. The van der Waals surface area contributed by atoms with Gasteiger partial charge in [0.2, 0.25) is 5.91 Å². The van der Waals surface area contributed by atoms with Gasteiger partial charge >= 0.3 is 6.09 Å². The highest BCUT2D eigenvalue weighted by molar-refractivity contribution is 5.87. The summed E-state index contributed by atoms with van der Waals surface area (Å²) in [5.41, 5.74) is 1.18. The predicted octanol–water partition coefficient (Wildman–Crippen LogP) is 1.82. The van der Waals surface area contributed by atoms with Gasteiger partial charge in [-0.25, -0.2) is 4.79 Å². The van der Waals surface area contributed by atoms with Crippen LogP contribution >= 0.6 is 0 Å². The van der Waals surface area contributed by atoms with Crippen molar-refractivity contribution in [1.29, 1.82) is 0 Å². The number of rotatable bonds is 6. The minimum atomic E-state index is -0.504. The monoisotopic (exact) mass is 290 g/mol. The van der Waals surface area contributed by atoms with Gasteiger partial charge in [0, 0.05) is 13.1 Å². The van der Waals surface area contributed by atoms with Gasteiger partial charge in [0.15, 0.2) is 0 Å². The third-order valence-corrected chi connectivity index (χ3v) is 3.40. The first-order valence-corrected chi connectivity index (χ1v) is 7.33. The largest absolute Gasteiger partial charge is 0.447 e. The van der Waals surface area contributed by atoms with Gasteiger partial charge in [0.1, 0.15) is 12.6 Å². The van der Waals surface area contributed by atoms with E-state index >= 15 is 0 Å². The van der Waals surface area contributed by atoms with E-state index in [1.165, 1.54) is 10.5 Å². The van der Waals surface area contributed by atoms with Crippen LogP contribution in [0.2, 0.25) is 0 Å². The number of nitrogens with zero attached hydrogens (tertiary/aromatic N) is 1. The molecule has 1 heterocycles. The molecule has 0 unspecified atom stereocenters. The van der Waals surface area contributed by atoms with Crippen LogP contribution < -0.4 is 5.32 Å². The van der Waals surface area contributed by atoms with Gasteiger partial charge in [-0.3, -0.25) is 9.69 Å². The first kappa shape index (κ1) is 15.4. The molecule has 0 bridgehead atoms. The fraction of sp³-hybridized carbons (Fsp3) is 0.500. The first-order valence-electron chi connectivity index (χ1n) is 7.33. The highest BCUT2D eigenvalue weighted by Gasteiger charge is 2.37. The maximum Gasteiger partial charge on any atom is 0.410 e. The summed E-state index contributed by atoms with van der Waals surface area (Å²) < 4.78 is 4.99. The summed E-state index contributed by atoms with van der Waals surface area (Å²) in [6.45, 7) is 5.26. The third kappa shape index (κ3) is 4.21. The Kier molecular flexibility index (Phi) is 5.20. The van der Waals surface area contributed by atoms with Crippen LogP contribution in [0.4, 0.5) is 4.79 Å². The van der Waals surface area contributed by atoms with Gasteiger partial charge in [-0.1, -0.05) is 44.2 Å². The van der Waals surface area contributed by atoms with E-state index in [0.717, 1.165) is 6.42 Å². The van der Waals surface area contributed by atoms with E-state index in [2.05, 4.69) is 5.32 Å². The fourth-order valence-electron chi connectivity index (χ4n) is 2.36. The van der Waals surface area contributed by atoms with Gasteiger partial charge in [-0.05, 0) is 17.9 Å². The number of carbonyl (C=O) groups excluding carboxylic acids is 2. The molecule has 1 aliphatic rings. The van der Waals surface area contributed by atoms with Crippen molar-refractivity contribution >= 4 is 12.0 Å². The SMILES string of the molecule is CC(C)CN1C(=O)OC[C@H]1C(=O)NCCc1ccccc1. The van der Waals surface area contributed by atoms with E-state index in [9.17, 15) is 9.59 Å². The highest BCUT2D eigenvalue weighted by Crippen LogP contribution is 2.14. The second-order valence-corrected chi connectivity index (χ2v) is 5.67. The minimum Gasteiger partial charge on any atom is -0.447 e. The molecule has 5 heteroatoms. The van der Waals surface area contributed by atoms with Crippen molar-refractivity contribution < 1.29 is 14.3 Å². The minimum absolute atomic E-state index is 0.141. The molecule has 114 valence electrons. The zero-order valence-corrected chi connectivity index (χ0v) is 12.5. The van der Waals surface area contributed by atoms with E-state index in [4.69, 9.17) is 4.74 Å². The Labute approximate surface area is 125 Å². The molecule has 0 aliphatic carbocycles. The number of carbonyl (C=O) groups is 2. The molecule has 1 aromatic rings. The van der Waals surface area contributed by atoms with Crippen molar-refractivity contribution in [1.82, 2.24) is 10.2 Å². The van der Waals surface area contributed by atoms with Crippen molar-refractivity contribution in [3.05, 3.63) is 35.9 Å². The number of hydrogen-bond donors (Lipinski definition) is 1. The van der Waals surface area contributed by atoms with E-state index in [1.807, 2.05) is 44.2 Å². The molecule has 0 aromatic heterocycles. The number of benzene rings is 1. The van der Waals surface area contributed by atoms with Gasteiger partial charge in [-0.15, -0.1) is 0 Å². The van der Waals surface area contributed by atoms with Gasteiger partial charge in [0.05, 0.1) is 0 Å². The van der Waals surface area contributed by atoms with E-state index < -0.39 is 12.1 Å². The molecule has 1 aromatic carbocycles. The second kappa shape index (κ2) is 7.11. The number of ether oxygens (including phenoxy) is 1. The summed E-state index contributed by atoms with van der Waals surface area (Å²) in [6.07, 6.45) is 0.380. The maximum atomic E-state index is 12.2. The lowest BCUT2D eigenvalue weighted by atomic mass is 10.1. The van der Waals surface area contributed by atoms with E-state index in [-0.39, 0.29) is 12.5 Å². The third-order valence-electron chi connectivity index (χ3n) is 3.40. The second-order valence-electron chi connectivity index (χ2n) is 5.67. The number of hydrogen-bond acceptors (Lipinski definition) is 3. The van der Waals surface area contributed by atoms with Crippen LogP contribution in [0.3, 0.4) is 0 Å². The zero-order valence-electron chi connectivity index (χ0n) is 12.5. The van der Waals surface area contributed by atoms with Crippen molar-refractivity contribution in [2.24, 2.45) is 5.92 Å². The Balaban J connectivity index is 1.83. The lowest BCUT2D eigenvalue weighted by Gasteiger charge is -2.22. The Bertz CT molecular complexity index is 488. The van der Waals surface area contributed by atoms with Crippen LogP contribution in [0, 0.1) is 5.92 Å². The summed E-state index contributed by atoms with van der Waals surface area (Å²) >= 11 is 0. The topological polar surface area (TPSA) is 58.6 Å². The summed E-state index contributed by atoms with van der Waals surface area (Å²) in [5.74, 6) is 0.160. The van der Waals surface area contributed by atoms with E-state index in [1.54, 1.807) is 0 Å². The van der Waals surface area contributed by atoms with Crippen LogP contribution in [0.5, 0.6) is 0 Å². The van der Waals surface area contributed by atoms with Crippen LogP contribution in [0.1, 0.15) is 19.4 Å². The van der Waals surface area contributed by atoms with E-state index in [0.29, 0.717) is 19.0 Å². The molecule has 21 heavy (non-hydrogen) atoms. The van der Waals surface area contributed by atoms with Crippen molar-refractivity contribution in [2.45, 2.75) is 26.3 Å². The maximum absolute atomic E-state index is 12.2. The summed E-state index contributed by atoms with van der Waals surface area (Å²) in [6, 6.07) is 9.47. The molecule has 0 saturated carbocycles. The standard InChI is InChI=1S/C16H22N2O3/c1-12(2)10-18-14(11-21-16(18)20)15(19)17-9-8-13-6-4-3-5-7-13/h3-7,12,14H,8-11H2,1-2H3,(H,17,19)/t14-/m0/s1. The summed E-state index contributed by atoms with van der Waals surface area (Å²) in [4.78, 5) is 25.3. The molecule has 0 radical (unpaired) electrons. The molecule has 1 saturated heterocycles. The van der Waals surface area contributed by atoms with Crippen LogP contribution in [0.15, 0.2) is 30.3 Å². The summed E-state index contributed by atoms with van der Waals surface area (Å²) in [5, 5.41) is 2.88. The predicted molar refractivity (Wildman–Crippen MR) is 79.8 cm³/mol. The molecular weight excluding hydrogens is 268 g/mol.